The van der Waals surface area contributed by atoms with Gasteiger partial charge in [0.2, 0.25) is 0 Å². The molecule has 13 aromatic rings. The minimum absolute atomic E-state index is 0.937. The van der Waals surface area contributed by atoms with Crippen LogP contribution in [-0.4, -0.2) is 14.1 Å². The second kappa shape index (κ2) is 16.4. The van der Waals surface area contributed by atoms with Crippen molar-refractivity contribution in [3.63, 3.8) is 0 Å². The molecule has 0 aliphatic rings. The average Bonchev–Trinajstić information content (AvgIpc) is 3.94. The van der Waals surface area contributed by atoms with Gasteiger partial charge in [-0.15, -0.1) is 0 Å². The van der Waals surface area contributed by atoms with Crippen molar-refractivity contribution in [1.29, 1.82) is 0 Å². The molecule has 0 saturated heterocycles. The number of pyridine rings is 1. The standard InChI is InChI=1S/C65H43N3/c1-5-18-44(19-6-1)51-36-52(45-20-7-2-8-21-45)39-55(38-51)68-63-31-16-14-29-57(63)59-41-49(33-35-65(59)68)48-32-34-64-58(40-48)56-28-13-15-30-62(56)67(64)54-27-17-26-50(37-54)61-43-53(46-22-9-3-10-23-46)42-60(66-61)47-24-11-4-12-25-47/h1-43H. The Morgan fingerprint density at radius 3 is 1.10 bits per heavy atom. The molecule has 68 heavy (non-hydrogen) atoms. The zero-order valence-corrected chi connectivity index (χ0v) is 37.2. The maximum Gasteiger partial charge on any atom is 0.0716 e. The lowest BCUT2D eigenvalue weighted by atomic mass is 9.98. The Kier molecular flexibility index (Phi) is 9.50. The number of benzene rings is 10. The third kappa shape index (κ3) is 6.88. The van der Waals surface area contributed by atoms with Crippen molar-refractivity contribution >= 4 is 43.6 Å². The summed E-state index contributed by atoms with van der Waals surface area (Å²) in [4.78, 5) is 5.27. The first-order valence-electron chi connectivity index (χ1n) is 23.3. The van der Waals surface area contributed by atoms with Gasteiger partial charge < -0.3 is 9.13 Å². The Balaban J connectivity index is 0.930. The fourth-order valence-electron chi connectivity index (χ4n) is 10.2. The maximum absolute atomic E-state index is 5.27. The van der Waals surface area contributed by atoms with Gasteiger partial charge in [0.1, 0.15) is 0 Å². The molecule has 10 aromatic carbocycles. The Bertz CT molecular complexity index is 3880. The van der Waals surface area contributed by atoms with E-state index >= 15 is 0 Å². The highest BCUT2D eigenvalue weighted by molar-refractivity contribution is 6.13. The lowest BCUT2D eigenvalue weighted by molar-refractivity contribution is 1.18. The Labute approximate surface area is 395 Å². The van der Waals surface area contributed by atoms with Gasteiger partial charge in [-0.25, -0.2) is 4.98 Å². The van der Waals surface area contributed by atoms with Gasteiger partial charge in [-0.1, -0.05) is 182 Å². The molecule has 318 valence electrons. The summed E-state index contributed by atoms with van der Waals surface area (Å²) in [6.07, 6.45) is 0. The molecule has 0 spiro atoms. The van der Waals surface area contributed by atoms with Crippen LogP contribution >= 0.6 is 0 Å². The quantitative estimate of drug-likeness (QED) is 0.149. The number of hydrogen-bond donors (Lipinski definition) is 0. The minimum atomic E-state index is 0.937. The average molecular weight is 866 g/mol. The predicted molar refractivity (Wildman–Crippen MR) is 286 cm³/mol. The first-order valence-corrected chi connectivity index (χ1v) is 23.3. The number of nitrogens with zero attached hydrogens (tertiary/aromatic N) is 3. The zero-order valence-electron chi connectivity index (χ0n) is 37.2. The first kappa shape index (κ1) is 39.3. The highest BCUT2D eigenvalue weighted by atomic mass is 15.0. The Morgan fingerprint density at radius 1 is 0.206 bits per heavy atom. The lowest BCUT2D eigenvalue weighted by Gasteiger charge is -2.14. The van der Waals surface area contributed by atoms with Crippen molar-refractivity contribution in [2.75, 3.05) is 0 Å². The van der Waals surface area contributed by atoms with Gasteiger partial charge in [0.25, 0.3) is 0 Å². The summed E-state index contributed by atoms with van der Waals surface area (Å²) in [6.45, 7) is 0. The summed E-state index contributed by atoms with van der Waals surface area (Å²) in [5.74, 6) is 0. The van der Waals surface area contributed by atoms with E-state index in [1.165, 1.54) is 77.0 Å². The minimum Gasteiger partial charge on any atom is -0.309 e. The summed E-state index contributed by atoms with van der Waals surface area (Å²) in [7, 11) is 0. The predicted octanol–water partition coefficient (Wildman–Crippen LogP) is 17.3. The number of aromatic nitrogens is 3. The van der Waals surface area contributed by atoms with E-state index in [0.717, 1.165) is 45.0 Å². The molecule has 0 aliphatic carbocycles. The molecule has 3 nitrogen and oxygen atoms in total. The normalized spacial score (nSPS) is 11.5. The van der Waals surface area contributed by atoms with Gasteiger partial charge in [0.05, 0.1) is 33.5 Å². The fraction of sp³-hybridized carbons (Fsp3) is 0. The van der Waals surface area contributed by atoms with Crippen LogP contribution in [0.5, 0.6) is 0 Å². The molecular formula is C65H43N3. The van der Waals surface area contributed by atoms with Crippen LogP contribution in [0.25, 0.3) is 122 Å². The highest BCUT2D eigenvalue weighted by Gasteiger charge is 2.18. The van der Waals surface area contributed by atoms with Crippen molar-refractivity contribution in [3.8, 4) is 78.4 Å². The number of para-hydroxylation sites is 2. The van der Waals surface area contributed by atoms with E-state index in [-0.39, 0.29) is 0 Å². The highest BCUT2D eigenvalue weighted by Crippen LogP contribution is 2.41. The topological polar surface area (TPSA) is 22.8 Å². The van der Waals surface area contributed by atoms with Crippen molar-refractivity contribution in [1.82, 2.24) is 14.1 Å². The summed E-state index contributed by atoms with van der Waals surface area (Å²) >= 11 is 0. The maximum atomic E-state index is 5.27. The van der Waals surface area contributed by atoms with Gasteiger partial charge in [-0.3, -0.25) is 0 Å². The first-order chi connectivity index (χ1) is 33.7. The number of fused-ring (bicyclic) bond motifs is 6. The van der Waals surface area contributed by atoms with E-state index in [2.05, 4.69) is 270 Å². The molecule has 0 saturated carbocycles. The number of rotatable bonds is 8. The van der Waals surface area contributed by atoms with E-state index in [4.69, 9.17) is 4.98 Å². The van der Waals surface area contributed by atoms with Crippen LogP contribution < -0.4 is 0 Å². The van der Waals surface area contributed by atoms with E-state index in [1.807, 2.05) is 0 Å². The largest absolute Gasteiger partial charge is 0.309 e. The van der Waals surface area contributed by atoms with Gasteiger partial charge in [0.15, 0.2) is 0 Å². The SMILES string of the molecule is c1ccc(-c2cc(-c3ccccc3)cc(-n3c4ccccc4c4cc(-c5ccc6c(c5)c5ccccc5n6-c5cccc(-c6cc(-c7ccccc7)cc(-c7ccccc7)n6)c5)ccc43)c2)cc1. The second-order valence-electron chi connectivity index (χ2n) is 17.6. The molecule has 3 heterocycles. The molecule has 0 aliphatic heterocycles. The van der Waals surface area contributed by atoms with Gasteiger partial charge in [0, 0.05) is 44.0 Å². The summed E-state index contributed by atoms with van der Waals surface area (Å²) in [6, 6.07) is 94.3. The lowest BCUT2D eigenvalue weighted by Crippen LogP contribution is -1.96. The second-order valence-corrected chi connectivity index (χ2v) is 17.6. The van der Waals surface area contributed by atoms with E-state index < -0.39 is 0 Å². The zero-order chi connectivity index (χ0) is 45.0. The van der Waals surface area contributed by atoms with E-state index in [0.29, 0.717) is 0 Å². The fourth-order valence-corrected chi connectivity index (χ4v) is 10.2. The molecule has 0 bridgehead atoms. The molecule has 3 aromatic heterocycles. The smallest absolute Gasteiger partial charge is 0.0716 e. The monoisotopic (exact) mass is 865 g/mol. The van der Waals surface area contributed by atoms with Crippen LogP contribution in [0.3, 0.4) is 0 Å². The van der Waals surface area contributed by atoms with Crippen LogP contribution in [0.15, 0.2) is 261 Å². The van der Waals surface area contributed by atoms with Crippen LogP contribution in [0, 0.1) is 0 Å². The van der Waals surface area contributed by atoms with Crippen molar-refractivity contribution in [3.05, 3.63) is 261 Å². The summed E-state index contributed by atoms with van der Waals surface area (Å²) < 4.78 is 4.84. The van der Waals surface area contributed by atoms with Crippen molar-refractivity contribution < 1.29 is 0 Å². The molecule has 0 fully saturated rings. The van der Waals surface area contributed by atoms with Crippen LogP contribution in [0.2, 0.25) is 0 Å². The van der Waals surface area contributed by atoms with Gasteiger partial charge >= 0.3 is 0 Å². The summed E-state index contributed by atoms with van der Waals surface area (Å²) in [5, 5.41) is 4.89. The van der Waals surface area contributed by atoms with Gasteiger partial charge in [-0.2, -0.15) is 0 Å². The Hall–Kier alpha value is -9.05. The molecule has 0 unspecified atom stereocenters. The molecule has 3 heteroatoms. The van der Waals surface area contributed by atoms with Crippen LogP contribution in [0.1, 0.15) is 0 Å². The van der Waals surface area contributed by atoms with Crippen LogP contribution in [0.4, 0.5) is 0 Å². The van der Waals surface area contributed by atoms with Crippen molar-refractivity contribution in [2.45, 2.75) is 0 Å². The third-order valence-electron chi connectivity index (χ3n) is 13.5. The van der Waals surface area contributed by atoms with E-state index in [9.17, 15) is 0 Å². The number of hydrogen-bond acceptors (Lipinski definition) is 1. The van der Waals surface area contributed by atoms with Crippen LogP contribution in [-0.2, 0) is 0 Å². The third-order valence-corrected chi connectivity index (χ3v) is 13.5. The van der Waals surface area contributed by atoms with E-state index in [1.54, 1.807) is 0 Å². The molecule has 0 N–H and O–H groups in total. The molecule has 0 radical (unpaired) electrons. The molecule has 0 atom stereocenters. The molecule has 0 amide bonds. The molecule has 13 rings (SSSR count). The Morgan fingerprint density at radius 2 is 0.588 bits per heavy atom. The van der Waals surface area contributed by atoms with Crippen molar-refractivity contribution in [2.24, 2.45) is 0 Å². The van der Waals surface area contributed by atoms with Gasteiger partial charge in [-0.05, 0) is 123 Å². The summed E-state index contributed by atoms with van der Waals surface area (Å²) in [5.41, 5.74) is 20.4. The molecular weight excluding hydrogens is 823 g/mol.